The molecule has 136 valence electrons. The summed E-state index contributed by atoms with van der Waals surface area (Å²) in [5, 5.41) is 4.37. The molecule has 1 aliphatic rings. The van der Waals surface area contributed by atoms with Crippen LogP contribution in [0.25, 0.3) is 5.69 Å². The van der Waals surface area contributed by atoms with Crippen LogP contribution in [0.3, 0.4) is 0 Å². The van der Waals surface area contributed by atoms with Crippen molar-refractivity contribution in [1.29, 1.82) is 0 Å². The van der Waals surface area contributed by atoms with Crippen molar-refractivity contribution in [2.24, 2.45) is 0 Å². The van der Waals surface area contributed by atoms with Crippen molar-refractivity contribution in [3.63, 3.8) is 0 Å². The van der Waals surface area contributed by atoms with Crippen molar-refractivity contribution in [2.75, 3.05) is 18.1 Å². The van der Waals surface area contributed by atoms with E-state index in [1.165, 1.54) is 16.3 Å². The summed E-state index contributed by atoms with van der Waals surface area (Å²) in [4.78, 5) is 27.3. The number of esters is 1. The lowest BCUT2D eigenvalue weighted by atomic mass is 10.2. The smallest absolute Gasteiger partial charge is 0.360 e. The molecule has 0 spiro atoms. The number of para-hydroxylation sites is 2. The minimum absolute atomic E-state index is 0.136. The maximum absolute atomic E-state index is 12.8. The molecule has 0 radical (unpaired) electrons. The summed E-state index contributed by atoms with van der Waals surface area (Å²) in [6, 6.07) is 18.5. The standard InChI is InChI=1S/C21H19N3O3/c1-2-27-21(26)20-18(23-13-12-15-8-6-7-11-17(15)23)14-19(25)24(22-20)16-9-4-3-5-10-16/h3-11,14H,2,12-13H2,1H3. The number of ether oxygens (including phenoxy) is 1. The van der Waals surface area contributed by atoms with Gasteiger partial charge in [-0.1, -0.05) is 36.4 Å². The lowest BCUT2D eigenvalue weighted by molar-refractivity contribution is 0.0518. The number of carbonyl (C=O) groups is 1. The minimum atomic E-state index is -0.540. The number of aromatic nitrogens is 2. The fraction of sp³-hybridized carbons (Fsp3) is 0.190. The van der Waals surface area contributed by atoms with Crippen LogP contribution in [0.5, 0.6) is 0 Å². The van der Waals surface area contributed by atoms with E-state index in [0.29, 0.717) is 17.9 Å². The summed E-state index contributed by atoms with van der Waals surface area (Å²) in [7, 11) is 0. The van der Waals surface area contributed by atoms with Crippen molar-refractivity contribution in [2.45, 2.75) is 13.3 Å². The van der Waals surface area contributed by atoms with Crippen molar-refractivity contribution in [3.8, 4) is 5.69 Å². The van der Waals surface area contributed by atoms with Gasteiger partial charge in [0.15, 0.2) is 5.69 Å². The topological polar surface area (TPSA) is 64.4 Å². The second kappa shape index (κ2) is 7.07. The quantitative estimate of drug-likeness (QED) is 0.668. The van der Waals surface area contributed by atoms with Crippen molar-refractivity contribution < 1.29 is 9.53 Å². The molecule has 4 rings (SSSR count). The first-order chi connectivity index (χ1) is 13.2. The summed E-state index contributed by atoms with van der Waals surface area (Å²) in [6.45, 7) is 2.67. The highest BCUT2D eigenvalue weighted by Crippen LogP contribution is 2.35. The number of benzene rings is 2. The van der Waals surface area contributed by atoms with E-state index in [9.17, 15) is 9.59 Å². The Morgan fingerprint density at radius 1 is 1.07 bits per heavy atom. The summed E-state index contributed by atoms with van der Waals surface area (Å²) < 4.78 is 6.44. The van der Waals surface area contributed by atoms with E-state index in [1.54, 1.807) is 19.1 Å². The maximum Gasteiger partial charge on any atom is 0.360 e. The molecule has 0 saturated carbocycles. The molecule has 1 aliphatic heterocycles. The first-order valence-electron chi connectivity index (χ1n) is 8.91. The molecule has 2 heterocycles. The number of hydrogen-bond donors (Lipinski definition) is 0. The van der Waals surface area contributed by atoms with Crippen LogP contribution in [-0.4, -0.2) is 28.9 Å². The molecule has 0 fully saturated rings. The monoisotopic (exact) mass is 361 g/mol. The predicted molar refractivity (Wildman–Crippen MR) is 103 cm³/mol. The van der Waals surface area contributed by atoms with Crippen LogP contribution in [0.4, 0.5) is 11.4 Å². The Kier molecular flexibility index (Phi) is 4.46. The second-order valence-electron chi connectivity index (χ2n) is 6.21. The Morgan fingerprint density at radius 3 is 2.59 bits per heavy atom. The Labute approximate surface area is 156 Å². The molecular weight excluding hydrogens is 342 g/mol. The van der Waals surface area contributed by atoms with E-state index in [4.69, 9.17) is 4.74 Å². The first-order valence-corrected chi connectivity index (χ1v) is 8.91. The van der Waals surface area contributed by atoms with Gasteiger partial charge in [0.05, 0.1) is 18.0 Å². The fourth-order valence-corrected chi connectivity index (χ4v) is 3.34. The molecule has 0 saturated heterocycles. The third-order valence-electron chi connectivity index (χ3n) is 4.56. The normalized spacial score (nSPS) is 12.7. The predicted octanol–water partition coefficient (Wildman–Crippen LogP) is 3.10. The van der Waals surface area contributed by atoms with Crippen LogP contribution >= 0.6 is 0 Å². The number of anilines is 2. The minimum Gasteiger partial charge on any atom is -0.461 e. The molecule has 0 bridgehead atoms. The maximum atomic E-state index is 12.8. The molecule has 3 aromatic rings. The molecular formula is C21H19N3O3. The molecule has 6 heteroatoms. The summed E-state index contributed by atoms with van der Waals surface area (Å²) in [5.74, 6) is -0.540. The van der Waals surface area contributed by atoms with E-state index < -0.39 is 5.97 Å². The van der Waals surface area contributed by atoms with Crippen LogP contribution in [0.1, 0.15) is 23.0 Å². The number of carbonyl (C=O) groups excluding carboxylic acids is 1. The van der Waals surface area contributed by atoms with Gasteiger partial charge in [-0.25, -0.2) is 4.79 Å². The molecule has 0 aliphatic carbocycles. The highest BCUT2D eigenvalue weighted by Gasteiger charge is 2.27. The van der Waals surface area contributed by atoms with Gasteiger partial charge in [0.1, 0.15) is 0 Å². The fourth-order valence-electron chi connectivity index (χ4n) is 3.34. The number of rotatable bonds is 4. The van der Waals surface area contributed by atoms with Crippen molar-refractivity contribution >= 4 is 17.3 Å². The average Bonchev–Trinajstić information content (AvgIpc) is 3.12. The van der Waals surface area contributed by atoms with Gasteiger partial charge >= 0.3 is 5.97 Å². The Morgan fingerprint density at radius 2 is 1.81 bits per heavy atom. The SMILES string of the molecule is CCOC(=O)c1nn(-c2ccccc2)c(=O)cc1N1CCc2ccccc21. The zero-order chi connectivity index (χ0) is 18.8. The van der Waals surface area contributed by atoms with Crippen LogP contribution < -0.4 is 10.5 Å². The number of fused-ring (bicyclic) bond motifs is 1. The number of hydrogen-bond acceptors (Lipinski definition) is 5. The Balaban J connectivity index is 1.88. The van der Waals surface area contributed by atoms with Crippen molar-refractivity contribution in [3.05, 3.63) is 82.3 Å². The van der Waals surface area contributed by atoms with Gasteiger partial charge in [0.2, 0.25) is 0 Å². The Bertz CT molecular complexity index is 1040. The highest BCUT2D eigenvalue weighted by atomic mass is 16.5. The highest BCUT2D eigenvalue weighted by molar-refractivity contribution is 5.95. The van der Waals surface area contributed by atoms with Crippen LogP contribution in [0.2, 0.25) is 0 Å². The van der Waals surface area contributed by atoms with E-state index in [0.717, 1.165) is 12.1 Å². The molecule has 0 unspecified atom stereocenters. The zero-order valence-electron chi connectivity index (χ0n) is 15.0. The third-order valence-corrected chi connectivity index (χ3v) is 4.56. The molecule has 2 aromatic carbocycles. The van der Waals surface area contributed by atoms with E-state index in [1.807, 2.05) is 41.3 Å². The summed E-state index contributed by atoms with van der Waals surface area (Å²) in [6.07, 6.45) is 0.847. The molecule has 0 atom stereocenters. The molecule has 27 heavy (non-hydrogen) atoms. The Hall–Kier alpha value is -3.41. The summed E-state index contributed by atoms with van der Waals surface area (Å²) >= 11 is 0. The summed E-state index contributed by atoms with van der Waals surface area (Å²) in [5.41, 5.74) is 3.09. The lowest BCUT2D eigenvalue weighted by Gasteiger charge is -2.22. The molecule has 6 nitrogen and oxygen atoms in total. The molecule has 0 N–H and O–H groups in total. The van der Waals surface area contributed by atoms with Crippen LogP contribution in [0.15, 0.2) is 65.5 Å². The van der Waals surface area contributed by atoms with Gasteiger partial charge in [-0.3, -0.25) is 4.79 Å². The largest absolute Gasteiger partial charge is 0.461 e. The van der Waals surface area contributed by atoms with Gasteiger partial charge < -0.3 is 9.64 Å². The van der Waals surface area contributed by atoms with Gasteiger partial charge in [0.25, 0.3) is 5.56 Å². The lowest BCUT2D eigenvalue weighted by Crippen LogP contribution is -2.28. The number of nitrogens with zero attached hydrogens (tertiary/aromatic N) is 3. The third kappa shape index (κ3) is 3.10. The first kappa shape index (κ1) is 17.0. The van der Waals surface area contributed by atoms with Gasteiger partial charge in [-0.05, 0) is 37.1 Å². The van der Waals surface area contributed by atoms with Gasteiger partial charge in [-0.15, -0.1) is 0 Å². The second-order valence-corrected chi connectivity index (χ2v) is 6.21. The average molecular weight is 361 g/mol. The van der Waals surface area contributed by atoms with E-state index in [2.05, 4.69) is 11.2 Å². The van der Waals surface area contributed by atoms with Crippen LogP contribution in [0, 0.1) is 0 Å². The van der Waals surface area contributed by atoms with E-state index >= 15 is 0 Å². The van der Waals surface area contributed by atoms with Gasteiger partial charge in [-0.2, -0.15) is 9.78 Å². The van der Waals surface area contributed by atoms with E-state index in [-0.39, 0.29) is 17.9 Å². The van der Waals surface area contributed by atoms with Gasteiger partial charge in [0, 0.05) is 18.3 Å². The zero-order valence-corrected chi connectivity index (χ0v) is 15.0. The van der Waals surface area contributed by atoms with Crippen LogP contribution in [-0.2, 0) is 11.2 Å². The molecule has 1 aromatic heterocycles. The molecule has 0 amide bonds. The van der Waals surface area contributed by atoms with Crippen molar-refractivity contribution in [1.82, 2.24) is 9.78 Å².